The zero-order valence-electron chi connectivity index (χ0n) is 8.11. The van der Waals surface area contributed by atoms with Gasteiger partial charge in [0, 0.05) is 11.6 Å². The standard InChI is InChI=1S/C10H13NO3/c1-5-3-7(10(13)14)4-8(6(2)11)9(5)12/h3-4,6,12H,11H2,1-2H3,(H,13,14)/t6-/m1/s1. The Morgan fingerprint density at radius 3 is 2.50 bits per heavy atom. The molecule has 0 fully saturated rings. The molecule has 0 aromatic heterocycles. The first-order valence-corrected chi connectivity index (χ1v) is 4.26. The van der Waals surface area contributed by atoms with Crippen molar-refractivity contribution in [3.8, 4) is 5.75 Å². The summed E-state index contributed by atoms with van der Waals surface area (Å²) in [7, 11) is 0. The minimum Gasteiger partial charge on any atom is -0.507 e. The first-order chi connectivity index (χ1) is 6.43. The second-order valence-corrected chi connectivity index (χ2v) is 3.32. The summed E-state index contributed by atoms with van der Waals surface area (Å²) < 4.78 is 0. The van der Waals surface area contributed by atoms with Crippen LogP contribution in [-0.4, -0.2) is 16.2 Å². The lowest BCUT2D eigenvalue weighted by molar-refractivity contribution is 0.0696. The summed E-state index contributed by atoms with van der Waals surface area (Å²) in [6, 6.07) is 2.44. The van der Waals surface area contributed by atoms with Crippen molar-refractivity contribution in [1.82, 2.24) is 0 Å². The van der Waals surface area contributed by atoms with E-state index in [1.807, 2.05) is 0 Å². The number of carboxylic acid groups (broad SMARTS) is 1. The Hall–Kier alpha value is -1.55. The molecule has 76 valence electrons. The van der Waals surface area contributed by atoms with Gasteiger partial charge in [-0.1, -0.05) is 0 Å². The number of phenolic OH excluding ortho intramolecular Hbond substituents is 1. The maximum absolute atomic E-state index is 10.7. The highest BCUT2D eigenvalue weighted by Crippen LogP contribution is 2.27. The van der Waals surface area contributed by atoms with Gasteiger partial charge in [0.25, 0.3) is 0 Å². The molecule has 1 atom stereocenters. The van der Waals surface area contributed by atoms with Crippen molar-refractivity contribution in [3.05, 3.63) is 28.8 Å². The van der Waals surface area contributed by atoms with Crippen LogP contribution in [0.5, 0.6) is 5.75 Å². The van der Waals surface area contributed by atoms with E-state index in [0.29, 0.717) is 11.1 Å². The summed E-state index contributed by atoms with van der Waals surface area (Å²) in [5.74, 6) is -0.944. The molecule has 0 amide bonds. The number of hydrogen-bond donors (Lipinski definition) is 3. The fraction of sp³-hybridized carbons (Fsp3) is 0.300. The van der Waals surface area contributed by atoms with Gasteiger partial charge < -0.3 is 15.9 Å². The number of benzene rings is 1. The predicted molar refractivity (Wildman–Crippen MR) is 52.4 cm³/mol. The second kappa shape index (κ2) is 3.67. The molecule has 0 radical (unpaired) electrons. The molecule has 0 bridgehead atoms. The van der Waals surface area contributed by atoms with Crippen LogP contribution in [0.4, 0.5) is 0 Å². The predicted octanol–water partition coefficient (Wildman–Crippen LogP) is 1.42. The first-order valence-electron chi connectivity index (χ1n) is 4.26. The van der Waals surface area contributed by atoms with E-state index >= 15 is 0 Å². The molecule has 0 saturated carbocycles. The molecule has 0 spiro atoms. The van der Waals surface area contributed by atoms with Crippen LogP contribution >= 0.6 is 0 Å². The fourth-order valence-electron chi connectivity index (χ4n) is 1.28. The highest BCUT2D eigenvalue weighted by molar-refractivity contribution is 5.88. The van der Waals surface area contributed by atoms with Crippen molar-refractivity contribution in [1.29, 1.82) is 0 Å². The van der Waals surface area contributed by atoms with E-state index in [4.69, 9.17) is 10.8 Å². The lowest BCUT2D eigenvalue weighted by Gasteiger charge is -2.11. The van der Waals surface area contributed by atoms with Crippen LogP contribution in [0.15, 0.2) is 12.1 Å². The fourth-order valence-corrected chi connectivity index (χ4v) is 1.28. The van der Waals surface area contributed by atoms with Crippen molar-refractivity contribution in [2.75, 3.05) is 0 Å². The first kappa shape index (κ1) is 10.5. The Kier molecular flexibility index (Phi) is 2.76. The Morgan fingerprint density at radius 2 is 2.07 bits per heavy atom. The van der Waals surface area contributed by atoms with E-state index < -0.39 is 5.97 Å². The molecule has 4 N–H and O–H groups in total. The monoisotopic (exact) mass is 195 g/mol. The van der Waals surface area contributed by atoms with E-state index in [0.717, 1.165) is 0 Å². The van der Waals surface area contributed by atoms with E-state index in [9.17, 15) is 9.90 Å². The van der Waals surface area contributed by atoms with Gasteiger partial charge in [0.15, 0.2) is 0 Å². The number of rotatable bonds is 2. The maximum atomic E-state index is 10.7. The van der Waals surface area contributed by atoms with Crippen molar-refractivity contribution >= 4 is 5.97 Å². The van der Waals surface area contributed by atoms with Crippen LogP contribution in [0, 0.1) is 6.92 Å². The van der Waals surface area contributed by atoms with E-state index in [-0.39, 0.29) is 17.4 Å². The molecule has 4 nitrogen and oxygen atoms in total. The Morgan fingerprint density at radius 1 is 1.50 bits per heavy atom. The average molecular weight is 195 g/mol. The SMILES string of the molecule is Cc1cc(C(=O)O)cc([C@@H](C)N)c1O. The quantitative estimate of drug-likeness (QED) is 0.666. The van der Waals surface area contributed by atoms with Gasteiger partial charge >= 0.3 is 5.97 Å². The van der Waals surface area contributed by atoms with Gasteiger partial charge in [0.05, 0.1) is 5.56 Å². The molecule has 0 aliphatic heterocycles. The molecule has 0 unspecified atom stereocenters. The number of nitrogens with two attached hydrogens (primary N) is 1. The Labute approximate surface area is 82.0 Å². The zero-order valence-corrected chi connectivity index (χ0v) is 8.11. The topological polar surface area (TPSA) is 83.5 Å². The van der Waals surface area contributed by atoms with Crippen LogP contribution in [-0.2, 0) is 0 Å². The van der Waals surface area contributed by atoms with Gasteiger partial charge in [0.1, 0.15) is 5.75 Å². The smallest absolute Gasteiger partial charge is 0.335 e. The highest BCUT2D eigenvalue weighted by Gasteiger charge is 2.13. The molecular formula is C10H13NO3. The largest absolute Gasteiger partial charge is 0.507 e. The molecule has 1 rings (SSSR count). The van der Waals surface area contributed by atoms with E-state index in [1.54, 1.807) is 13.8 Å². The lowest BCUT2D eigenvalue weighted by atomic mass is 10.0. The maximum Gasteiger partial charge on any atom is 0.335 e. The van der Waals surface area contributed by atoms with Gasteiger partial charge in [-0.05, 0) is 31.5 Å². The van der Waals surface area contributed by atoms with Crippen LogP contribution in [0.25, 0.3) is 0 Å². The number of aryl methyl sites for hydroxylation is 1. The highest BCUT2D eigenvalue weighted by atomic mass is 16.4. The van der Waals surface area contributed by atoms with E-state index in [1.165, 1.54) is 12.1 Å². The molecular weight excluding hydrogens is 182 g/mol. The minimum absolute atomic E-state index is 0.0741. The third-order valence-corrected chi connectivity index (χ3v) is 2.07. The summed E-state index contributed by atoms with van der Waals surface area (Å²) in [6.07, 6.45) is 0. The number of aromatic hydroxyl groups is 1. The summed E-state index contributed by atoms with van der Waals surface area (Å²) in [5.41, 5.74) is 6.73. The molecule has 14 heavy (non-hydrogen) atoms. The average Bonchev–Trinajstić information content (AvgIpc) is 2.08. The summed E-state index contributed by atoms with van der Waals surface area (Å²) >= 11 is 0. The molecule has 0 heterocycles. The van der Waals surface area contributed by atoms with Gasteiger partial charge in [-0.2, -0.15) is 0 Å². The minimum atomic E-state index is -1.02. The molecule has 1 aromatic carbocycles. The number of hydrogen-bond acceptors (Lipinski definition) is 3. The van der Waals surface area contributed by atoms with Crippen molar-refractivity contribution < 1.29 is 15.0 Å². The Bertz CT molecular complexity index is 372. The summed E-state index contributed by atoms with van der Waals surface area (Å²) in [5, 5.41) is 18.4. The number of carbonyl (C=O) groups is 1. The molecule has 4 heteroatoms. The lowest BCUT2D eigenvalue weighted by Crippen LogP contribution is -2.08. The van der Waals surface area contributed by atoms with Crippen molar-refractivity contribution in [2.24, 2.45) is 5.73 Å². The van der Waals surface area contributed by atoms with Crippen LogP contribution in [0.3, 0.4) is 0 Å². The van der Waals surface area contributed by atoms with Crippen LogP contribution < -0.4 is 5.73 Å². The molecule has 0 saturated heterocycles. The van der Waals surface area contributed by atoms with Crippen LogP contribution in [0.2, 0.25) is 0 Å². The van der Waals surface area contributed by atoms with Crippen LogP contribution in [0.1, 0.15) is 34.5 Å². The van der Waals surface area contributed by atoms with Gasteiger partial charge in [-0.15, -0.1) is 0 Å². The Balaban J connectivity index is 3.35. The zero-order chi connectivity index (χ0) is 10.9. The van der Waals surface area contributed by atoms with Crippen molar-refractivity contribution in [3.63, 3.8) is 0 Å². The molecule has 1 aromatic rings. The van der Waals surface area contributed by atoms with Gasteiger partial charge in [-0.25, -0.2) is 4.79 Å². The third kappa shape index (κ3) is 1.85. The molecule has 0 aliphatic carbocycles. The normalized spacial score (nSPS) is 12.5. The third-order valence-electron chi connectivity index (χ3n) is 2.07. The number of phenols is 1. The van der Waals surface area contributed by atoms with Crippen molar-refractivity contribution in [2.45, 2.75) is 19.9 Å². The summed E-state index contributed by atoms with van der Waals surface area (Å²) in [4.78, 5) is 10.7. The molecule has 0 aliphatic rings. The van der Waals surface area contributed by atoms with Gasteiger partial charge in [-0.3, -0.25) is 0 Å². The second-order valence-electron chi connectivity index (χ2n) is 3.32. The van der Waals surface area contributed by atoms with E-state index in [2.05, 4.69) is 0 Å². The number of aromatic carboxylic acids is 1. The number of carboxylic acids is 1. The van der Waals surface area contributed by atoms with Gasteiger partial charge in [0.2, 0.25) is 0 Å². The summed E-state index contributed by atoms with van der Waals surface area (Å²) in [6.45, 7) is 3.34.